The average Bonchev–Trinajstić information content (AvgIpc) is 3.10. The molecule has 6 rings (SSSR count). The standard InChI is InChI=1S/C30H44N4O2.H2/c1-28(2,3)26(35)34-25-11-10-20-18-21(19-30(20,25)34)33-16-14-29(15-17-33)13-12-24(31-27(36)32(4)5)22-8-6-7-9-23(22)29;/h6-9,20-21,24-25H,10-19H2,1-5H3,(H,31,36);1H/t20?,21?,24-,25?,30?,34?;/m1./s1. The van der Waals surface area contributed by atoms with Crippen molar-refractivity contribution < 1.29 is 11.0 Å². The molecule has 0 aromatic heterocycles. The van der Waals surface area contributed by atoms with Crippen LogP contribution < -0.4 is 5.32 Å². The Morgan fingerprint density at radius 2 is 1.78 bits per heavy atom. The lowest BCUT2D eigenvalue weighted by Gasteiger charge is -2.48. The van der Waals surface area contributed by atoms with Crippen LogP contribution in [0.3, 0.4) is 0 Å². The van der Waals surface area contributed by atoms with Gasteiger partial charge in [0.2, 0.25) is 5.91 Å². The van der Waals surface area contributed by atoms with Crippen molar-refractivity contribution >= 4 is 11.9 Å². The topological polar surface area (TPSA) is 55.7 Å². The Hall–Kier alpha value is -2.08. The molecule has 6 nitrogen and oxygen atoms in total. The molecule has 4 unspecified atom stereocenters. The van der Waals surface area contributed by atoms with Crippen molar-refractivity contribution in [2.75, 3.05) is 27.2 Å². The fourth-order valence-electron chi connectivity index (χ4n) is 8.61. The SMILES string of the molecule is CN(C)C(=O)N[C@@H]1CCC2(CCN(C3CC4CCC5N(C(=O)C(C)(C)C)C45C3)CC2)c2ccccc21.[HH]. The number of amides is 3. The van der Waals surface area contributed by atoms with E-state index in [4.69, 9.17) is 0 Å². The number of carbonyl (C=O) groups excluding carboxylic acids is 2. The number of nitrogens with one attached hydrogen (secondary N) is 1. The van der Waals surface area contributed by atoms with Gasteiger partial charge in [0.15, 0.2) is 0 Å². The fourth-order valence-corrected chi connectivity index (χ4v) is 8.61. The number of rotatable bonds is 2. The van der Waals surface area contributed by atoms with Crippen LogP contribution in [0, 0.1) is 11.3 Å². The zero-order valence-electron chi connectivity index (χ0n) is 22.8. The average molecular weight is 495 g/mol. The first kappa shape index (κ1) is 24.3. The van der Waals surface area contributed by atoms with Crippen LogP contribution in [-0.2, 0) is 10.2 Å². The van der Waals surface area contributed by atoms with Crippen LogP contribution in [0.1, 0.15) is 90.7 Å². The number of piperidine rings is 2. The van der Waals surface area contributed by atoms with Crippen molar-refractivity contribution in [3.05, 3.63) is 35.4 Å². The lowest BCUT2D eigenvalue weighted by atomic mass is 9.63. The molecule has 0 radical (unpaired) electrons. The Bertz CT molecular complexity index is 1060. The number of hydrogen-bond donors (Lipinski definition) is 1. The summed E-state index contributed by atoms with van der Waals surface area (Å²) in [4.78, 5) is 32.3. The van der Waals surface area contributed by atoms with Gasteiger partial charge < -0.3 is 20.0 Å². The summed E-state index contributed by atoms with van der Waals surface area (Å²) in [7, 11) is 3.61. The zero-order chi connectivity index (χ0) is 25.5. The highest BCUT2D eigenvalue weighted by Crippen LogP contribution is 2.65. The van der Waals surface area contributed by atoms with Crippen LogP contribution in [0.25, 0.3) is 0 Å². The maximum Gasteiger partial charge on any atom is 0.317 e. The van der Waals surface area contributed by atoms with Gasteiger partial charge in [0.05, 0.1) is 17.6 Å². The van der Waals surface area contributed by atoms with E-state index in [1.54, 1.807) is 19.0 Å². The summed E-state index contributed by atoms with van der Waals surface area (Å²) in [5.41, 5.74) is 2.91. The monoisotopic (exact) mass is 494 g/mol. The largest absolute Gasteiger partial charge is 0.331 e. The van der Waals surface area contributed by atoms with Gasteiger partial charge in [0.1, 0.15) is 0 Å². The first-order chi connectivity index (χ1) is 17.1. The smallest absolute Gasteiger partial charge is 0.317 e. The van der Waals surface area contributed by atoms with Crippen molar-refractivity contribution in [3.63, 3.8) is 0 Å². The summed E-state index contributed by atoms with van der Waals surface area (Å²) < 4.78 is 0. The maximum absolute atomic E-state index is 13.2. The summed E-state index contributed by atoms with van der Waals surface area (Å²) >= 11 is 0. The van der Waals surface area contributed by atoms with Crippen molar-refractivity contribution in [2.45, 2.75) is 101 Å². The second kappa shape index (κ2) is 8.21. The molecule has 2 saturated heterocycles. The fraction of sp³-hybridized carbons (Fsp3) is 0.733. The van der Waals surface area contributed by atoms with E-state index in [1.165, 1.54) is 49.7 Å². The third-order valence-corrected chi connectivity index (χ3v) is 10.5. The first-order valence-electron chi connectivity index (χ1n) is 14.2. The van der Waals surface area contributed by atoms with Crippen molar-refractivity contribution in [1.29, 1.82) is 0 Å². The molecule has 5 atom stereocenters. The minimum absolute atomic E-state index is 0. The van der Waals surface area contributed by atoms with E-state index in [-0.39, 0.29) is 29.9 Å². The van der Waals surface area contributed by atoms with Gasteiger partial charge in [0.25, 0.3) is 0 Å². The first-order valence-corrected chi connectivity index (χ1v) is 14.2. The van der Waals surface area contributed by atoms with Gasteiger partial charge >= 0.3 is 6.03 Å². The number of fused-ring (bicyclic) bond motifs is 2. The molecule has 198 valence electrons. The van der Waals surface area contributed by atoms with Gasteiger partial charge in [-0.1, -0.05) is 45.0 Å². The molecule has 6 heteroatoms. The molecular formula is C30H46N4O2. The lowest BCUT2D eigenvalue weighted by Crippen LogP contribution is -2.49. The molecule has 1 aromatic carbocycles. The molecule has 5 aliphatic rings. The second-order valence-electron chi connectivity index (χ2n) is 13.6. The summed E-state index contributed by atoms with van der Waals surface area (Å²) in [6.07, 6.45) is 9.52. The van der Waals surface area contributed by atoms with Crippen LogP contribution in [0.15, 0.2) is 24.3 Å². The zero-order valence-corrected chi connectivity index (χ0v) is 22.8. The Labute approximate surface area is 218 Å². The molecule has 2 aliphatic heterocycles. The van der Waals surface area contributed by atoms with Crippen LogP contribution in [0.2, 0.25) is 0 Å². The lowest BCUT2D eigenvalue weighted by molar-refractivity contribution is -0.136. The number of likely N-dealkylation sites (tertiary alicyclic amines) is 2. The van der Waals surface area contributed by atoms with Gasteiger partial charge in [-0.15, -0.1) is 0 Å². The van der Waals surface area contributed by atoms with Crippen molar-refractivity contribution in [1.82, 2.24) is 20.0 Å². The normalized spacial score (nSPS) is 34.6. The van der Waals surface area contributed by atoms with Gasteiger partial charge in [-0.05, 0) is 86.9 Å². The summed E-state index contributed by atoms with van der Waals surface area (Å²) in [5.74, 6) is 1.07. The maximum atomic E-state index is 13.2. The van der Waals surface area contributed by atoms with E-state index in [0.29, 0.717) is 23.9 Å². The van der Waals surface area contributed by atoms with Crippen molar-refractivity contribution in [3.8, 4) is 0 Å². The summed E-state index contributed by atoms with van der Waals surface area (Å²) in [6.45, 7) is 8.51. The Kier molecular flexibility index (Phi) is 5.53. The number of urea groups is 1. The third-order valence-electron chi connectivity index (χ3n) is 10.5. The summed E-state index contributed by atoms with van der Waals surface area (Å²) in [5, 5.41) is 3.25. The highest BCUT2D eigenvalue weighted by Gasteiger charge is 2.75. The van der Waals surface area contributed by atoms with E-state index in [0.717, 1.165) is 25.9 Å². The molecule has 36 heavy (non-hydrogen) atoms. The molecule has 1 aromatic rings. The molecular weight excluding hydrogens is 448 g/mol. The van der Waals surface area contributed by atoms with Gasteiger partial charge in [-0.25, -0.2) is 4.79 Å². The Morgan fingerprint density at radius 3 is 2.47 bits per heavy atom. The number of carbonyl (C=O) groups is 2. The van der Waals surface area contributed by atoms with E-state index in [1.807, 2.05) is 0 Å². The van der Waals surface area contributed by atoms with E-state index >= 15 is 0 Å². The molecule has 2 heterocycles. The molecule has 1 N–H and O–H groups in total. The second-order valence-corrected chi connectivity index (χ2v) is 13.6. The Balaban J connectivity index is 0.00000280. The predicted molar refractivity (Wildman–Crippen MR) is 144 cm³/mol. The van der Waals surface area contributed by atoms with E-state index in [9.17, 15) is 9.59 Å². The Morgan fingerprint density at radius 1 is 1.06 bits per heavy atom. The molecule has 2 saturated carbocycles. The number of benzene rings is 1. The highest BCUT2D eigenvalue weighted by molar-refractivity contribution is 5.86. The van der Waals surface area contributed by atoms with E-state index < -0.39 is 0 Å². The van der Waals surface area contributed by atoms with Crippen LogP contribution in [0.4, 0.5) is 4.79 Å². The van der Waals surface area contributed by atoms with Gasteiger partial charge in [0, 0.05) is 27.0 Å². The minimum atomic E-state index is -0.280. The predicted octanol–water partition coefficient (Wildman–Crippen LogP) is 4.94. The van der Waals surface area contributed by atoms with Crippen molar-refractivity contribution in [2.24, 2.45) is 11.3 Å². The quantitative estimate of drug-likeness (QED) is 0.593. The van der Waals surface area contributed by atoms with Crippen LogP contribution in [-0.4, -0.2) is 71.4 Å². The summed E-state index contributed by atoms with van der Waals surface area (Å²) in [6, 6.07) is 10.1. The van der Waals surface area contributed by atoms with E-state index in [2.05, 4.69) is 60.2 Å². The van der Waals surface area contributed by atoms with Crippen LogP contribution >= 0.6 is 0 Å². The molecule has 3 amide bonds. The third kappa shape index (κ3) is 3.53. The molecule has 3 aliphatic carbocycles. The molecule has 4 fully saturated rings. The van der Waals surface area contributed by atoms with Gasteiger partial charge in [-0.3, -0.25) is 4.79 Å². The van der Waals surface area contributed by atoms with Gasteiger partial charge in [-0.2, -0.15) is 0 Å². The molecule has 0 bridgehead atoms. The number of hydrogen-bond acceptors (Lipinski definition) is 3. The highest BCUT2D eigenvalue weighted by atomic mass is 16.2. The minimum Gasteiger partial charge on any atom is -0.331 e. The number of nitrogens with zero attached hydrogens (tertiary/aromatic N) is 3. The molecule has 2 spiro atoms. The van der Waals surface area contributed by atoms with Crippen LogP contribution in [0.5, 0.6) is 0 Å².